The molecular formula is C23H27NO. The first-order valence-corrected chi connectivity index (χ1v) is 9.91. The molecule has 0 saturated heterocycles. The summed E-state index contributed by atoms with van der Waals surface area (Å²) in [5.74, 6) is 3.26. The second-order valence-corrected chi connectivity index (χ2v) is 8.94. The smallest absolute Gasteiger partial charge is 0.124 e. The van der Waals surface area contributed by atoms with Crippen LogP contribution in [0.4, 0.5) is 0 Å². The molecule has 4 aliphatic rings. The number of aromatic hydroxyl groups is 1. The summed E-state index contributed by atoms with van der Waals surface area (Å²) in [7, 11) is 0. The summed E-state index contributed by atoms with van der Waals surface area (Å²) in [5.41, 5.74) is 1.31. The number of fused-ring (bicyclic) bond motifs is 2. The zero-order valence-corrected chi connectivity index (χ0v) is 14.8. The summed E-state index contributed by atoms with van der Waals surface area (Å²) < 4.78 is 0. The van der Waals surface area contributed by atoms with E-state index in [-0.39, 0.29) is 0 Å². The van der Waals surface area contributed by atoms with Crippen LogP contribution in [0.5, 0.6) is 5.75 Å². The highest BCUT2D eigenvalue weighted by Gasteiger charge is 2.47. The van der Waals surface area contributed by atoms with E-state index in [2.05, 4.69) is 12.1 Å². The summed E-state index contributed by atoms with van der Waals surface area (Å²) >= 11 is 0. The Labute approximate surface area is 150 Å². The molecule has 2 unspecified atom stereocenters. The van der Waals surface area contributed by atoms with Crippen molar-refractivity contribution >= 4 is 17.0 Å². The van der Waals surface area contributed by atoms with E-state index in [0.717, 1.165) is 40.6 Å². The van der Waals surface area contributed by atoms with Gasteiger partial charge in [-0.3, -0.25) is 4.99 Å². The van der Waals surface area contributed by atoms with Gasteiger partial charge in [0.15, 0.2) is 0 Å². The van der Waals surface area contributed by atoms with Crippen molar-refractivity contribution in [1.29, 1.82) is 0 Å². The van der Waals surface area contributed by atoms with Crippen molar-refractivity contribution < 1.29 is 5.11 Å². The molecule has 0 aliphatic heterocycles. The zero-order chi connectivity index (χ0) is 16.9. The molecule has 25 heavy (non-hydrogen) atoms. The van der Waals surface area contributed by atoms with Crippen LogP contribution in [0.15, 0.2) is 41.4 Å². The van der Waals surface area contributed by atoms with Crippen molar-refractivity contribution in [3.63, 3.8) is 0 Å². The Bertz CT molecular complexity index is 810. The maximum atomic E-state index is 10.3. The first-order valence-electron chi connectivity index (χ1n) is 9.91. The number of hydrogen-bond donors (Lipinski definition) is 1. The van der Waals surface area contributed by atoms with Crippen LogP contribution < -0.4 is 0 Å². The van der Waals surface area contributed by atoms with Crippen molar-refractivity contribution in [3.05, 3.63) is 42.0 Å². The minimum Gasteiger partial charge on any atom is -0.507 e. The highest BCUT2D eigenvalue weighted by molar-refractivity contribution is 6.02. The average Bonchev–Trinajstić information content (AvgIpc) is 2.81. The third-order valence-electron chi connectivity index (χ3n) is 7.12. The lowest BCUT2D eigenvalue weighted by Gasteiger charge is -2.44. The predicted octanol–water partition coefficient (Wildman–Crippen LogP) is 5.57. The fourth-order valence-corrected chi connectivity index (χ4v) is 6.25. The third kappa shape index (κ3) is 2.76. The number of phenols is 1. The largest absolute Gasteiger partial charge is 0.507 e. The summed E-state index contributed by atoms with van der Waals surface area (Å²) in [5, 5.41) is 12.6. The molecular weight excluding hydrogens is 306 g/mol. The van der Waals surface area contributed by atoms with Gasteiger partial charge in [0.1, 0.15) is 5.75 Å². The van der Waals surface area contributed by atoms with Crippen molar-refractivity contribution in [1.82, 2.24) is 0 Å². The van der Waals surface area contributed by atoms with Gasteiger partial charge in [0.2, 0.25) is 0 Å². The van der Waals surface area contributed by atoms with Gasteiger partial charge in [0.25, 0.3) is 0 Å². The summed E-state index contributed by atoms with van der Waals surface area (Å²) in [6, 6.07) is 12.0. The molecule has 4 bridgehead atoms. The van der Waals surface area contributed by atoms with Gasteiger partial charge in [-0.25, -0.2) is 0 Å². The van der Waals surface area contributed by atoms with E-state index >= 15 is 0 Å². The van der Waals surface area contributed by atoms with Crippen molar-refractivity contribution in [3.8, 4) is 5.75 Å². The van der Waals surface area contributed by atoms with Gasteiger partial charge in [-0.2, -0.15) is 0 Å². The number of rotatable bonds is 3. The molecule has 2 aromatic carbocycles. The summed E-state index contributed by atoms with van der Waals surface area (Å²) in [6.45, 7) is 0.940. The number of hydrogen-bond acceptors (Lipinski definition) is 2. The fourth-order valence-electron chi connectivity index (χ4n) is 6.25. The van der Waals surface area contributed by atoms with Crippen LogP contribution in [0.3, 0.4) is 0 Å². The molecule has 4 fully saturated rings. The number of phenolic OH excluding ortho intramolecular Hbond substituents is 1. The maximum Gasteiger partial charge on any atom is 0.124 e. The highest BCUT2D eigenvalue weighted by atomic mass is 16.3. The summed E-state index contributed by atoms with van der Waals surface area (Å²) in [4.78, 5) is 4.90. The van der Waals surface area contributed by atoms with Gasteiger partial charge in [-0.1, -0.05) is 30.3 Å². The average molecular weight is 333 g/mol. The Kier molecular flexibility index (Phi) is 3.62. The molecule has 2 nitrogen and oxygen atoms in total. The second-order valence-electron chi connectivity index (χ2n) is 8.94. The molecule has 2 aromatic rings. The van der Waals surface area contributed by atoms with Crippen LogP contribution in [0.1, 0.15) is 50.5 Å². The van der Waals surface area contributed by atoms with Gasteiger partial charge in [0.05, 0.1) is 0 Å². The molecule has 4 aliphatic carbocycles. The van der Waals surface area contributed by atoms with Crippen LogP contribution in [0.25, 0.3) is 10.8 Å². The van der Waals surface area contributed by atoms with Crippen molar-refractivity contribution in [2.45, 2.75) is 44.9 Å². The van der Waals surface area contributed by atoms with Crippen LogP contribution in [-0.2, 0) is 0 Å². The SMILES string of the molecule is Oc1ccc2ccccc2c1C=NCC12CCC3CC(CC(C3)C1)C2. The highest BCUT2D eigenvalue weighted by Crippen LogP contribution is 2.57. The van der Waals surface area contributed by atoms with E-state index in [0.29, 0.717) is 11.2 Å². The minimum atomic E-state index is 0.338. The molecule has 2 heteroatoms. The monoisotopic (exact) mass is 333 g/mol. The standard InChI is InChI=1S/C23H27NO/c25-22-6-5-19-3-1-2-4-20(19)21(22)14-24-15-23-8-7-16-9-17(12-23)11-18(10-16)13-23/h1-6,14,16-18,25H,7-13,15H2. The normalized spacial score (nSPS) is 34.0. The topological polar surface area (TPSA) is 32.6 Å². The van der Waals surface area contributed by atoms with Gasteiger partial charge < -0.3 is 5.11 Å². The van der Waals surface area contributed by atoms with Crippen molar-refractivity contribution in [2.24, 2.45) is 28.2 Å². The molecule has 0 spiro atoms. The van der Waals surface area contributed by atoms with E-state index < -0.39 is 0 Å². The Morgan fingerprint density at radius 3 is 2.60 bits per heavy atom. The van der Waals surface area contributed by atoms with E-state index in [9.17, 15) is 5.11 Å². The molecule has 1 N–H and O–H groups in total. The molecule has 0 amide bonds. The number of aliphatic imine (C=N–C) groups is 1. The number of nitrogens with zero attached hydrogens (tertiary/aromatic N) is 1. The van der Waals surface area contributed by atoms with Crippen molar-refractivity contribution in [2.75, 3.05) is 6.54 Å². The Hall–Kier alpha value is -1.83. The van der Waals surface area contributed by atoms with E-state index in [4.69, 9.17) is 4.99 Å². The van der Waals surface area contributed by atoms with Gasteiger partial charge in [-0.15, -0.1) is 0 Å². The quantitative estimate of drug-likeness (QED) is 0.732. The second kappa shape index (κ2) is 5.86. The van der Waals surface area contributed by atoms with E-state index in [1.807, 2.05) is 24.4 Å². The maximum absolute atomic E-state index is 10.3. The molecule has 6 rings (SSSR count). The molecule has 0 heterocycles. The van der Waals surface area contributed by atoms with Crippen LogP contribution in [0.2, 0.25) is 0 Å². The molecule has 2 atom stereocenters. The summed E-state index contributed by atoms with van der Waals surface area (Å²) in [6.07, 6.45) is 11.9. The zero-order valence-electron chi connectivity index (χ0n) is 14.8. The van der Waals surface area contributed by atoms with Crippen LogP contribution in [-0.4, -0.2) is 17.9 Å². The first kappa shape index (κ1) is 15.4. The van der Waals surface area contributed by atoms with E-state index in [1.54, 1.807) is 6.07 Å². The fraction of sp³-hybridized carbons (Fsp3) is 0.522. The minimum absolute atomic E-state index is 0.338. The van der Waals surface area contributed by atoms with Gasteiger partial charge in [-0.05, 0) is 85.0 Å². The van der Waals surface area contributed by atoms with Gasteiger partial charge >= 0.3 is 0 Å². The lowest BCUT2D eigenvalue weighted by atomic mass is 9.61. The molecule has 0 aromatic heterocycles. The lowest BCUT2D eigenvalue weighted by molar-refractivity contribution is 0.0728. The van der Waals surface area contributed by atoms with Gasteiger partial charge in [0, 0.05) is 18.3 Å². The lowest BCUT2D eigenvalue weighted by Crippen LogP contribution is -2.36. The van der Waals surface area contributed by atoms with Crippen LogP contribution >= 0.6 is 0 Å². The molecule has 0 radical (unpaired) electrons. The molecule has 130 valence electrons. The first-order chi connectivity index (χ1) is 12.2. The number of benzene rings is 2. The Morgan fingerprint density at radius 1 is 1.00 bits per heavy atom. The molecule has 4 saturated carbocycles. The Balaban J connectivity index is 1.42. The predicted molar refractivity (Wildman–Crippen MR) is 103 cm³/mol. The Morgan fingerprint density at radius 2 is 1.76 bits per heavy atom. The van der Waals surface area contributed by atoms with E-state index in [1.165, 1.54) is 44.9 Å². The van der Waals surface area contributed by atoms with Crippen LogP contribution in [0, 0.1) is 23.2 Å². The third-order valence-corrected chi connectivity index (χ3v) is 7.12.